The fraction of sp³-hybridized carbons (Fsp3) is 0.800. The maximum absolute atomic E-state index is 2.50. The molecule has 11 heavy (non-hydrogen) atoms. The molecular weight excluding hydrogens is 148 g/mol. The van der Waals surface area contributed by atoms with Crippen molar-refractivity contribution in [3.8, 4) is 0 Å². The standard InChI is InChI=1S/C10H22Si/c1-5-7-8-10-11(3,4)9-6-2/h8,10H,5-7,9H2,1-4H3/b10-8+. The first-order chi connectivity index (χ1) is 5.12. The van der Waals surface area contributed by atoms with Gasteiger partial charge in [-0.1, -0.05) is 57.6 Å². The van der Waals surface area contributed by atoms with Gasteiger partial charge in [0.25, 0.3) is 0 Å². The van der Waals surface area contributed by atoms with Gasteiger partial charge in [0.1, 0.15) is 0 Å². The van der Waals surface area contributed by atoms with Gasteiger partial charge in [-0.25, -0.2) is 0 Å². The largest absolute Gasteiger partial charge is 0.0986 e. The SMILES string of the molecule is CCC/C=C/[Si](C)(C)CCC. The Kier molecular flexibility index (Phi) is 5.57. The van der Waals surface area contributed by atoms with E-state index in [9.17, 15) is 0 Å². The summed E-state index contributed by atoms with van der Waals surface area (Å²) in [5.74, 6) is 0. The Bertz CT molecular complexity index is 114. The topological polar surface area (TPSA) is 0 Å². The number of rotatable bonds is 5. The summed E-state index contributed by atoms with van der Waals surface area (Å²) in [6.07, 6.45) is 6.27. The van der Waals surface area contributed by atoms with Crippen molar-refractivity contribution in [2.75, 3.05) is 0 Å². The van der Waals surface area contributed by atoms with Crippen LogP contribution in [0.3, 0.4) is 0 Å². The van der Waals surface area contributed by atoms with Crippen molar-refractivity contribution < 1.29 is 0 Å². The predicted molar refractivity (Wildman–Crippen MR) is 56.6 cm³/mol. The lowest BCUT2D eigenvalue weighted by Gasteiger charge is -2.15. The first-order valence-electron chi connectivity index (χ1n) is 4.80. The van der Waals surface area contributed by atoms with Gasteiger partial charge in [0.2, 0.25) is 0 Å². The number of unbranched alkanes of at least 4 members (excludes halogenated alkanes) is 1. The van der Waals surface area contributed by atoms with Crippen LogP contribution < -0.4 is 0 Å². The molecule has 0 N–H and O–H groups in total. The van der Waals surface area contributed by atoms with Crippen molar-refractivity contribution in [3.05, 3.63) is 11.8 Å². The lowest BCUT2D eigenvalue weighted by molar-refractivity contribution is 0.958. The zero-order valence-corrected chi connectivity index (χ0v) is 9.48. The predicted octanol–water partition coefficient (Wildman–Crippen LogP) is 4.00. The highest BCUT2D eigenvalue weighted by atomic mass is 28.3. The second-order valence-corrected chi connectivity index (χ2v) is 8.74. The third-order valence-electron chi connectivity index (χ3n) is 1.92. The quantitative estimate of drug-likeness (QED) is 0.547. The highest BCUT2D eigenvalue weighted by Crippen LogP contribution is 2.13. The minimum Gasteiger partial charge on any atom is -0.0986 e. The van der Waals surface area contributed by atoms with Gasteiger partial charge < -0.3 is 0 Å². The molecule has 0 aliphatic rings. The summed E-state index contributed by atoms with van der Waals surface area (Å²) in [6.45, 7) is 9.41. The first kappa shape index (κ1) is 11.0. The molecule has 0 amide bonds. The number of hydrogen-bond donors (Lipinski definition) is 0. The Balaban J connectivity index is 3.69. The maximum Gasteiger partial charge on any atom is 0.0713 e. The van der Waals surface area contributed by atoms with Crippen LogP contribution in [0.5, 0.6) is 0 Å². The van der Waals surface area contributed by atoms with Crippen molar-refractivity contribution in [2.45, 2.75) is 52.2 Å². The van der Waals surface area contributed by atoms with Crippen LogP contribution in [0, 0.1) is 0 Å². The molecule has 0 saturated heterocycles. The van der Waals surface area contributed by atoms with Crippen LogP contribution in [-0.4, -0.2) is 8.07 Å². The molecular formula is C10H22Si. The van der Waals surface area contributed by atoms with E-state index in [-0.39, 0.29) is 0 Å². The normalized spacial score (nSPS) is 12.7. The van der Waals surface area contributed by atoms with Crippen LogP contribution in [0.4, 0.5) is 0 Å². The number of hydrogen-bond acceptors (Lipinski definition) is 0. The van der Waals surface area contributed by atoms with E-state index in [4.69, 9.17) is 0 Å². The van der Waals surface area contributed by atoms with Crippen molar-refractivity contribution in [2.24, 2.45) is 0 Å². The van der Waals surface area contributed by atoms with Crippen molar-refractivity contribution in [1.29, 1.82) is 0 Å². The van der Waals surface area contributed by atoms with Crippen molar-refractivity contribution in [3.63, 3.8) is 0 Å². The second kappa shape index (κ2) is 5.59. The average molecular weight is 170 g/mol. The Labute approximate surface area is 72.7 Å². The summed E-state index contributed by atoms with van der Waals surface area (Å²) in [6, 6.07) is 1.44. The van der Waals surface area contributed by atoms with Gasteiger partial charge >= 0.3 is 0 Å². The van der Waals surface area contributed by atoms with E-state index >= 15 is 0 Å². The smallest absolute Gasteiger partial charge is 0.0713 e. The Morgan fingerprint density at radius 3 is 2.18 bits per heavy atom. The fourth-order valence-corrected chi connectivity index (χ4v) is 3.56. The summed E-state index contributed by atoms with van der Waals surface area (Å²) in [7, 11) is -0.921. The maximum atomic E-state index is 2.50. The van der Waals surface area contributed by atoms with E-state index in [1.165, 1.54) is 25.3 Å². The van der Waals surface area contributed by atoms with Gasteiger partial charge in [-0.3, -0.25) is 0 Å². The molecule has 0 aromatic heterocycles. The summed E-state index contributed by atoms with van der Waals surface area (Å²) in [5.41, 5.74) is 2.50. The van der Waals surface area contributed by atoms with E-state index in [1.54, 1.807) is 0 Å². The van der Waals surface area contributed by atoms with Gasteiger partial charge in [0.05, 0.1) is 8.07 Å². The Hall–Kier alpha value is -0.0431. The van der Waals surface area contributed by atoms with E-state index in [2.05, 4.69) is 38.7 Å². The second-order valence-electron chi connectivity index (χ2n) is 3.93. The molecule has 0 nitrogen and oxygen atoms in total. The molecule has 0 unspecified atom stereocenters. The Morgan fingerprint density at radius 1 is 1.09 bits per heavy atom. The van der Waals surface area contributed by atoms with E-state index in [1.807, 2.05) is 0 Å². The van der Waals surface area contributed by atoms with Crippen LogP contribution in [-0.2, 0) is 0 Å². The average Bonchev–Trinajstić information content (AvgIpc) is 1.87. The first-order valence-corrected chi connectivity index (χ1v) is 8.08. The molecule has 0 aliphatic heterocycles. The molecule has 0 aromatic carbocycles. The molecule has 0 aromatic rings. The van der Waals surface area contributed by atoms with E-state index in [0.29, 0.717) is 0 Å². The van der Waals surface area contributed by atoms with Gasteiger partial charge in [0, 0.05) is 0 Å². The van der Waals surface area contributed by atoms with Gasteiger partial charge in [0.15, 0.2) is 0 Å². The van der Waals surface area contributed by atoms with E-state index in [0.717, 1.165) is 0 Å². The molecule has 0 bridgehead atoms. The van der Waals surface area contributed by atoms with Crippen LogP contribution in [0.2, 0.25) is 19.1 Å². The molecule has 0 atom stereocenters. The highest BCUT2D eigenvalue weighted by Gasteiger charge is 2.13. The minimum atomic E-state index is -0.921. The lowest BCUT2D eigenvalue weighted by atomic mass is 10.3. The summed E-state index contributed by atoms with van der Waals surface area (Å²) in [5, 5.41) is 0. The molecule has 0 radical (unpaired) electrons. The molecule has 66 valence electrons. The van der Waals surface area contributed by atoms with E-state index < -0.39 is 8.07 Å². The summed E-state index contributed by atoms with van der Waals surface area (Å²) in [4.78, 5) is 0. The Morgan fingerprint density at radius 2 is 1.73 bits per heavy atom. The third kappa shape index (κ3) is 6.36. The van der Waals surface area contributed by atoms with Crippen molar-refractivity contribution in [1.82, 2.24) is 0 Å². The van der Waals surface area contributed by atoms with Crippen LogP contribution >= 0.6 is 0 Å². The molecule has 0 aliphatic carbocycles. The van der Waals surface area contributed by atoms with Gasteiger partial charge in [-0.2, -0.15) is 0 Å². The van der Waals surface area contributed by atoms with Crippen LogP contribution in [0.1, 0.15) is 33.1 Å². The van der Waals surface area contributed by atoms with Crippen LogP contribution in [0.15, 0.2) is 11.8 Å². The molecule has 1 heteroatoms. The van der Waals surface area contributed by atoms with Gasteiger partial charge in [-0.05, 0) is 6.42 Å². The number of allylic oxidation sites excluding steroid dienone is 1. The monoisotopic (exact) mass is 170 g/mol. The zero-order valence-electron chi connectivity index (χ0n) is 8.48. The zero-order chi connectivity index (χ0) is 8.74. The minimum absolute atomic E-state index is 0.921. The molecule has 0 rings (SSSR count). The molecule has 0 saturated carbocycles. The third-order valence-corrected chi connectivity index (χ3v) is 4.85. The van der Waals surface area contributed by atoms with Crippen molar-refractivity contribution >= 4 is 8.07 Å². The summed E-state index contributed by atoms with van der Waals surface area (Å²) < 4.78 is 0. The molecule has 0 fully saturated rings. The summed E-state index contributed by atoms with van der Waals surface area (Å²) >= 11 is 0. The lowest BCUT2D eigenvalue weighted by Crippen LogP contribution is -2.21. The molecule has 0 spiro atoms. The van der Waals surface area contributed by atoms with Crippen LogP contribution in [0.25, 0.3) is 0 Å². The molecule has 0 heterocycles. The highest BCUT2D eigenvalue weighted by molar-refractivity contribution is 6.82. The fourth-order valence-electron chi connectivity index (χ4n) is 1.30. The van der Waals surface area contributed by atoms with Gasteiger partial charge in [-0.15, -0.1) is 0 Å².